The molecule has 2 aliphatic heterocycles. The third kappa shape index (κ3) is 2.94. The largest absolute Gasteiger partial charge is 0.359 e. The Balaban J connectivity index is 1.86. The minimum Gasteiger partial charge on any atom is -0.359 e. The average molecular weight is 352 g/mol. The molecule has 1 aromatic rings. The van der Waals surface area contributed by atoms with Gasteiger partial charge in [0.05, 0.1) is 16.9 Å². The van der Waals surface area contributed by atoms with Crippen LogP contribution in [0.3, 0.4) is 0 Å². The van der Waals surface area contributed by atoms with E-state index in [4.69, 9.17) is 0 Å². The van der Waals surface area contributed by atoms with Gasteiger partial charge in [-0.3, -0.25) is 14.7 Å². The van der Waals surface area contributed by atoms with Gasteiger partial charge >= 0.3 is 0 Å². The molecule has 3 heterocycles. The molecule has 2 aliphatic rings. The van der Waals surface area contributed by atoms with E-state index in [-0.39, 0.29) is 17.7 Å². The molecule has 2 saturated heterocycles. The first-order valence-corrected chi connectivity index (χ1v) is 9.80. The van der Waals surface area contributed by atoms with E-state index < -0.39 is 15.4 Å². The molecule has 0 spiro atoms. The number of fused-ring (bicyclic) bond motifs is 1. The summed E-state index contributed by atoms with van der Waals surface area (Å²) in [5.74, 6) is -0.0508. The van der Waals surface area contributed by atoms with E-state index in [1.54, 1.807) is 20.3 Å². The normalized spacial score (nSPS) is 30.5. The van der Waals surface area contributed by atoms with Crippen molar-refractivity contribution >= 4 is 15.9 Å². The van der Waals surface area contributed by atoms with E-state index in [1.165, 1.54) is 4.31 Å². The maximum Gasteiger partial charge on any atom is 0.228 e. The summed E-state index contributed by atoms with van der Waals surface area (Å²) in [7, 11) is -0.0432. The highest BCUT2D eigenvalue weighted by Gasteiger charge is 2.55. The van der Waals surface area contributed by atoms with Gasteiger partial charge in [-0.2, -0.15) is 0 Å². The summed E-state index contributed by atoms with van der Waals surface area (Å²) in [5.41, 5.74) is 0.266. The van der Waals surface area contributed by atoms with Crippen LogP contribution in [-0.2, 0) is 21.4 Å². The van der Waals surface area contributed by atoms with Crippen LogP contribution >= 0.6 is 0 Å². The van der Waals surface area contributed by atoms with Gasteiger partial charge in [0.25, 0.3) is 0 Å². The zero-order chi connectivity index (χ0) is 17.4. The van der Waals surface area contributed by atoms with E-state index in [9.17, 15) is 13.2 Å². The second-order valence-corrected chi connectivity index (χ2v) is 8.80. The second kappa shape index (κ2) is 6.42. The molecule has 1 N–H and O–H groups in total. The van der Waals surface area contributed by atoms with E-state index in [0.717, 1.165) is 12.2 Å². The van der Waals surface area contributed by atoms with Crippen LogP contribution in [0.2, 0.25) is 0 Å². The molecule has 0 aliphatic carbocycles. The predicted molar refractivity (Wildman–Crippen MR) is 90.6 cm³/mol. The van der Waals surface area contributed by atoms with Crippen LogP contribution < -0.4 is 5.32 Å². The Labute approximate surface area is 143 Å². The van der Waals surface area contributed by atoms with Gasteiger partial charge in [-0.05, 0) is 25.0 Å². The van der Waals surface area contributed by atoms with Gasteiger partial charge in [0, 0.05) is 46.0 Å². The number of likely N-dealkylation sites (tertiary alicyclic amines) is 1. The number of hydrogen-bond acceptors (Lipinski definition) is 5. The maximum atomic E-state index is 12.7. The fourth-order valence-corrected chi connectivity index (χ4v) is 5.64. The van der Waals surface area contributed by atoms with Crippen LogP contribution in [0.15, 0.2) is 24.4 Å². The van der Waals surface area contributed by atoms with Crippen molar-refractivity contribution in [1.82, 2.24) is 19.5 Å². The van der Waals surface area contributed by atoms with Crippen molar-refractivity contribution in [2.75, 3.05) is 32.9 Å². The van der Waals surface area contributed by atoms with Crippen molar-refractivity contribution < 1.29 is 13.2 Å². The molecule has 0 aromatic carbocycles. The number of amides is 1. The first kappa shape index (κ1) is 17.3. The van der Waals surface area contributed by atoms with Crippen molar-refractivity contribution in [1.29, 1.82) is 0 Å². The first-order chi connectivity index (χ1) is 11.4. The summed E-state index contributed by atoms with van der Waals surface area (Å²) >= 11 is 0. The van der Waals surface area contributed by atoms with E-state index in [2.05, 4.69) is 15.2 Å². The number of nitrogens with zero attached hydrogens (tertiary/aromatic N) is 3. The monoisotopic (exact) mass is 352 g/mol. The highest BCUT2D eigenvalue weighted by molar-refractivity contribution is 7.89. The Morgan fingerprint density at radius 2 is 2.25 bits per heavy atom. The quantitative estimate of drug-likeness (QED) is 0.831. The molecule has 3 rings (SSSR count). The van der Waals surface area contributed by atoms with Gasteiger partial charge in [-0.1, -0.05) is 6.07 Å². The summed E-state index contributed by atoms with van der Waals surface area (Å²) in [6, 6.07) is 5.51. The summed E-state index contributed by atoms with van der Waals surface area (Å²) in [6.07, 6.45) is 2.77. The number of carbonyl (C=O) groups excluding carboxylic acids is 1. The lowest BCUT2D eigenvalue weighted by Gasteiger charge is -2.52. The highest BCUT2D eigenvalue weighted by Crippen LogP contribution is 2.42. The SMILES string of the molecule is CNC(=O)[C@]12CCS(=O)(=O)N(C)[C@@H]1CCN(Cc1ccccn1)C2. The number of aromatic nitrogens is 1. The first-order valence-electron chi connectivity index (χ1n) is 8.19. The smallest absolute Gasteiger partial charge is 0.228 e. The van der Waals surface area contributed by atoms with Gasteiger partial charge in [0.1, 0.15) is 0 Å². The van der Waals surface area contributed by atoms with Gasteiger partial charge in [0.2, 0.25) is 15.9 Å². The third-order valence-electron chi connectivity index (χ3n) is 5.34. The number of pyridine rings is 1. The number of carbonyl (C=O) groups is 1. The topological polar surface area (TPSA) is 82.6 Å². The lowest BCUT2D eigenvalue weighted by Crippen LogP contribution is -2.66. The van der Waals surface area contributed by atoms with Crippen molar-refractivity contribution in [2.24, 2.45) is 5.41 Å². The maximum absolute atomic E-state index is 12.7. The Morgan fingerprint density at radius 1 is 1.46 bits per heavy atom. The summed E-state index contributed by atoms with van der Waals surface area (Å²) in [4.78, 5) is 19.3. The van der Waals surface area contributed by atoms with Crippen molar-refractivity contribution in [3.8, 4) is 0 Å². The molecule has 24 heavy (non-hydrogen) atoms. The molecule has 0 bridgehead atoms. The molecule has 0 radical (unpaired) electrons. The molecular formula is C16H24N4O3S. The molecule has 2 fully saturated rings. The Bertz CT molecular complexity index is 709. The molecule has 1 amide bonds. The number of rotatable bonds is 3. The predicted octanol–water partition coefficient (Wildman–Crippen LogP) is 0.0536. The van der Waals surface area contributed by atoms with Crippen LogP contribution in [0, 0.1) is 5.41 Å². The fourth-order valence-electron chi connectivity index (χ4n) is 4.03. The summed E-state index contributed by atoms with van der Waals surface area (Å²) in [6.45, 7) is 1.97. The van der Waals surface area contributed by atoms with E-state index in [0.29, 0.717) is 25.9 Å². The fraction of sp³-hybridized carbons (Fsp3) is 0.625. The molecule has 132 valence electrons. The summed E-state index contributed by atoms with van der Waals surface area (Å²) in [5, 5.41) is 2.75. The Morgan fingerprint density at radius 3 is 2.92 bits per heavy atom. The van der Waals surface area contributed by atoms with Crippen LogP contribution in [0.4, 0.5) is 0 Å². The molecule has 8 heteroatoms. The Hall–Kier alpha value is -1.51. The number of hydrogen-bond donors (Lipinski definition) is 1. The summed E-state index contributed by atoms with van der Waals surface area (Å²) < 4.78 is 25.9. The zero-order valence-corrected chi connectivity index (χ0v) is 14.9. The minimum atomic E-state index is -3.27. The highest BCUT2D eigenvalue weighted by atomic mass is 32.2. The molecule has 1 aromatic heterocycles. The average Bonchev–Trinajstić information content (AvgIpc) is 2.59. The molecule has 2 atom stereocenters. The zero-order valence-electron chi connectivity index (χ0n) is 14.1. The van der Waals surface area contributed by atoms with Crippen LogP contribution in [0.25, 0.3) is 0 Å². The molecule has 0 saturated carbocycles. The van der Waals surface area contributed by atoms with Gasteiger partial charge in [-0.15, -0.1) is 0 Å². The minimum absolute atomic E-state index is 0.0187. The Kier molecular flexibility index (Phi) is 4.63. The van der Waals surface area contributed by atoms with E-state index >= 15 is 0 Å². The third-order valence-corrected chi connectivity index (χ3v) is 7.19. The van der Waals surface area contributed by atoms with Crippen molar-refractivity contribution in [3.63, 3.8) is 0 Å². The molecule has 0 unspecified atom stereocenters. The lowest BCUT2D eigenvalue weighted by atomic mass is 9.72. The number of nitrogens with one attached hydrogen (secondary N) is 1. The van der Waals surface area contributed by atoms with Gasteiger partial charge < -0.3 is 5.32 Å². The van der Waals surface area contributed by atoms with Crippen LogP contribution in [-0.4, -0.2) is 67.5 Å². The molecule has 7 nitrogen and oxygen atoms in total. The van der Waals surface area contributed by atoms with E-state index in [1.807, 2.05) is 18.2 Å². The van der Waals surface area contributed by atoms with Crippen molar-refractivity contribution in [2.45, 2.75) is 25.4 Å². The van der Waals surface area contributed by atoms with Crippen LogP contribution in [0.5, 0.6) is 0 Å². The standard InChI is InChI=1S/C16H24N4O3S/c1-17-15(21)16-7-10-24(22,23)19(2)14(16)6-9-20(12-16)11-13-5-3-4-8-18-13/h3-5,8,14H,6-7,9-12H2,1-2H3,(H,17,21)/t14-,16+/m1/s1. The second-order valence-electron chi connectivity index (χ2n) is 6.65. The number of sulfonamides is 1. The van der Waals surface area contributed by atoms with Gasteiger partial charge in [0.15, 0.2) is 0 Å². The van der Waals surface area contributed by atoms with Gasteiger partial charge in [-0.25, -0.2) is 12.7 Å². The van der Waals surface area contributed by atoms with Crippen LogP contribution in [0.1, 0.15) is 18.5 Å². The lowest BCUT2D eigenvalue weighted by molar-refractivity contribution is -0.139. The molecular weight excluding hydrogens is 328 g/mol. The van der Waals surface area contributed by atoms with Crippen molar-refractivity contribution in [3.05, 3.63) is 30.1 Å². The number of piperidine rings is 1.